The lowest BCUT2D eigenvalue weighted by Gasteiger charge is -2.14. The van der Waals surface area contributed by atoms with E-state index in [0.29, 0.717) is 5.92 Å². The molecule has 0 aromatic rings. The summed E-state index contributed by atoms with van der Waals surface area (Å²) in [6.07, 6.45) is 1.86. The molecule has 2 amide bonds. The smallest absolute Gasteiger partial charge is 0.309 e. The van der Waals surface area contributed by atoms with E-state index in [9.17, 15) is 9.59 Å². The van der Waals surface area contributed by atoms with Crippen molar-refractivity contribution >= 4 is 29.0 Å². The van der Waals surface area contributed by atoms with Crippen LogP contribution < -0.4 is 16.4 Å². The van der Waals surface area contributed by atoms with Gasteiger partial charge in [0.15, 0.2) is 0 Å². The van der Waals surface area contributed by atoms with E-state index in [-0.39, 0.29) is 17.6 Å². The number of nitrogens with two attached hydrogens (primary N) is 1. The Labute approximate surface area is 108 Å². The van der Waals surface area contributed by atoms with Gasteiger partial charge in [-0.3, -0.25) is 9.59 Å². The molecule has 0 fully saturated rings. The number of thiocarbonyl (C=S) groups is 1. The van der Waals surface area contributed by atoms with Gasteiger partial charge >= 0.3 is 11.8 Å². The van der Waals surface area contributed by atoms with Gasteiger partial charge in [0.25, 0.3) is 0 Å². The number of hydrogen-bond donors (Lipinski definition) is 3. The van der Waals surface area contributed by atoms with Crippen LogP contribution in [0.25, 0.3) is 0 Å². The Morgan fingerprint density at radius 3 is 2.24 bits per heavy atom. The van der Waals surface area contributed by atoms with Crippen LogP contribution in [0.3, 0.4) is 0 Å². The van der Waals surface area contributed by atoms with Crippen LogP contribution in [0.4, 0.5) is 0 Å². The average molecular weight is 259 g/mol. The van der Waals surface area contributed by atoms with E-state index >= 15 is 0 Å². The molecule has 0 rings (SSSR count). The first-order valence-electron chi connectivity index (χ1n) is 5.70. The summed E-state index contributed by atoms with van der Waals surface area (Å²) in [7, 11) is 0. The van der Waals surface area contributed by atoms with Crippen molar-refractivity contribution in [3.63, 3.8) is 0 Å². The van der Waals surface area contributed by atoms with E-state index in [1.165, 1.54) is 0 Å². The van der Waals surface area contributed by atoms with Gasteiger partial charge in [0.1, 0.15) is 0 Å². The van der Waals surface area contributed by atoms with Gasteiger partial charge in [-0.2, -0.15) is 0 Å². The maximum Gasteiger partial charge on any atom is 0.309 e. The van der Waals surface area contributed by atoms with Gasteiger partial charge in [-0.05, 0) is 25.7 Å². The van der Waals surface area contributed by atoms with Crippen LogP contribution in [0.1, 0.15) is 33.6 Å². The molecule has 6 heteroatoms. The van der Waals surface area contributed by atoms with Crippen molar-refractivity contribution in [3.05, 3.63) is 0 Å². The van der Waals surface area contributed by atoms with Gasteiger partial charge < -0.3 is 16.4 Å². The van der Waals surface area contributed by atoms with Crippen LogP contribution in [0.2, 0.25) is 0 Å². The van der Waals surface area contributed by atoms with Crippen molar-refractivity contribution in [2.75, 3.05) is 6.54 Å². The first-order valence-corrected chi connectivity index (χ1v) is 6.10. The van der Waals surface area contributed by atoms with Crippen molar-refractivity contribution in [1.29, 1.82) is 0 Å². The van der Waals surface area contributed by atoms with E-state index in [1.54, 1.807) is 0 Å². The Morgan fingerprint density at radius 2 is 1.76 bits per heavy atom. The molecule has 1 unspecified atom stereocenters. The van der Waals surface area contributed by atoms with Gasteiger partial charge in [0, 0.05) is 6.04 Å². The van der Waals surface area contributed by atoms with Crippen LogP contribution in [-0.4, -0.2) is 29.4 Å². The molecule has 4 N–H and O–H groups in total. The Kier molecular flexibility index (Phi) is 7.45. The van der Waals surface area contributed by atoms with Crippen molar-refractivity contribution in [3.8, 4) is 0 Å². The summed E-state index contributed by atoms with van der Waals surface area (Å²) in [4.78, 5) is 22.8. The zero-order valence-electron chi connectivity index (χ0n) is 10.6. The topological polar surface area (TPSA) is 84.2 Å². The molecule has 0 aliphatic rings. The number of carbonyl (C=O) groups is 2. The fraction of sp³-hybridized carbons (Fsp3) is 0.727. The van der Waals surface area contributed by atoms with Crippen molar-refractivity contribution < 1.29 is 9.59 Å². The summed E-state index contributed by atoms with van der Waals surface area (Å²) in [6.45, 7) is 6.15. The second-order valence-corrected chi connectivity index (χ2v) is 5.02. The molecule has 98 valence electrons. The number of hydrogen-bond acceptors (Lipinski definition) is 3. The van der Waals surface area contributed by atoms with Gasteiger partial charge in [-0.25, -0.2) is 0 Å². The summed E-state index contributed by atoms with van der Waals surface area (Å²) in [6, 6.07) is -0.0134. The first-order chi connectivity index (χ1) is 7.82. The third kappa shape index (κ3) is 8.62. The predicted molar refractivity (Wildman–Crippen MR) is 71.5 cm³/mol. The second-order valence-electron chi connectivity index (χ2n) is 4.49. The molecule has 0 aliphatic carbocycles. The Balaban J connectivity index is 3.90. The average Bonchev–Trinajstić information content (AvgIpc) is 2.22. The van der Waals surface area contributed by atoms with Gasteiger partial charge in [0.2, 0.25) is 0 Å². The summed E-state index contributed by atoms with van der Waals surface area (Å²) >= 11 is 4.59. The fourth-order valence-electron chi connectivity index (χ4n) is 1.19. The van der Waals surface area contributed by atoms with Gasteiger partial charge in [0.05, 0.1) is 11.5 Å². The minimum absolute atomic E-state index is 0.0134. The SMILES string of the molecule is CC(C)CCC(C)NC(=O)C(=O)NCC(N)=S. The quantitative estimate of drug-likeness (QED) is 0.474. The van der Waals surface area contributed by atoms with E-state index in [2.05, 4.69) is 36.7 Å². The van der Waals surface area contributed by atoms with E-state index in [0.717, 1.165) is 12.8 Å². The Hall–Kier alpha value is -1.17. The monoisotopic (exact) mass is 259 g/mol. The zero-order valence-corrected chi connectivity index (χ0v) is 11.4. The summed E-state index contributed by atoms with van der Waals surface area (Å²) in [5, 5.41) is 4.96. The summed E-state index contributed by atoms with van der Waals surface area (Å²) in [5.41, 5.74) is 5.21. The normalized spacial score (nSPS) is 12.0. The molecule has 0 aliphatic heterocycles. The Bertz CT molecular complexity index is 292. The molecule has 17 heavy (non-hydrogen) atoms. The van der Waals surface area contributed by atoms with E-state index in [4.69, 9.17) is 5.73 Å². The largest absolute Gasteiger partial charge is 0.392 e. The number of rotatable bonds is 6. The molecule has 0 heterocycles. The maximum atomic E-state index is 11.4. The highest BCUT2D eigenvalue weighted by molar-refractivity contribution is 7.80. The van der Waals surface area contributed by atoms with Crippen LogP contribution in [0.5, 0.6) is 0 Å². The molecule has 0 aromatic carbocycles. The molecule has 0 saturated heterocycles. The highest BCUT2D eigenvalue weighted by atomic mass is 32.1. The standard InChI is InChI=1S/C11H21N3O2S/c1-7(2)4-5-8(3)14-11(16)10(15)13-6-9(12)17/h7-8H,4-6H2,1-3H3,(H2,12,17)(H,13,15)(H,14,16). The third-order valence-electron chi connectivity index (χ3n) is 2.18. The van der Waals surface area contributed by atoms with Crippen LogP contribution >= 0.6 is 12.2 Å². The van der Waals surface area contributed by atoms with Crippen LogP contribution in [-0.2, 0) is 9.59 Å². The lowest BCUT2D eigenvalue weighted by molar-refractivity contribution is -0.139. The van der Waals surface area contributed by atoms with Crippen molar-refractivity contribution in [1.82, 2.24) is 10.6 Å². The zero-order chi connectivity index (χ0) is 13.4. The first kappa shape index (κ1) is 15.8. The molecule has 0 bridgehead atoms. The minimum Gasteiger partial charge on any atom is -0.392 e. The van der Waals surface area contributed by atoms with Gasteiger partial charge in [-0.1, -0.05) is 26.1 Å². The molecular weight excluding hydrogens is 238 g/mol. The number of carbonyl (C=O) groups excluding carboxylic acids is 2. The maximum absolute atomic E-state index is 11.4. The van der Waals surface area contributed by atoms with E-state index in [1.807, 2.05) is 6.92 Å². The highest BCUT2D eigenvalue weighted by Crippen LogP contribution is 2.06. The number of amides is 2. The molecule has 0 radical (unpaired) electrons. The molecule has 5 nitrogen and oxygen atoms in total. The highest BCUT2D eigenvalue weighted by Gasteiger charge is 2.15. The van der Waals surface area contributed by atoms with Crippen LogP contribution in [0, 0.1) is 5.92 Å². The van der Waals surface area contributed by atoms with Gasteiger partial charge in [-0.15, -0.1) is 0 Å². The summed E-state index contributed by atoms with van der Waals surface area (Å²) < 4.78 is 0. The predicted octanol–water partition coefficient (Wildman–Crippen LogP) is 0.330. The minimum atomic E-state index is -0.700. The van der Waals surface area contributed by atoms with Crippen molar-refractivity contribution in [2.24, 2.45) is 11.7 Å². The van der Waals surface area contributed by atoms with Crippen molar-refractivity contribution in [2.45, 2.75) is 39.7 Å². The lowest BCUT2D eigenvalue weighted by Crippen LogP contribution is -2.45. The summed E-state index contributed by atoms with van der Waals surface area (Å²) in [5.74, 6) is -0.760. The lowest BCUT2D eigenvalue weighted by atomic mass is 10.0. The molecule has 0 spiro atoms. The van der Waals surface area contributed by atoms with Crippen LogP contribution in [0.15, 0.2) is 0 Å². The number of nitrogens with one attached hydrogen (secondary N) is 2. The molecule has 1 atom stereocenters. The van der Waals surface area contributed by atoms with E-state index < -0.39 is 11.8 Å². The molecular formula is C11H21N3O2S. The second kappa shape index (κ2) is 8.00. The molecule has 0 saturated carbocycles. The Morgan fingerprint density at radius 1 is 1.18 bits per heavy atom. The molecule has 0 aromatic heterocycles. The third-order valence-corrected chi connectivity index (χ3v) is 2.33. The fourth-order valence-corrected chi connectivity index (χ4v) is 1.26.